The molecule has 0 aliphatic carbocycles. The standard InChI is InChI=1S/C10H16F3N5OS/c1-3-14-7-16-8(18-9(17-7)19-4-2)15-5-6-20-10(11,12)13/h3-6H2,1-2H3,(H2,14,15,16,17,18). The molecule has 1 aromatic heterocycles. The summed E-state index contributed by atoms with van der Waals surface area (Å²) in [6.45, 7) is 4.74. The summed E-state index contributed by atoms with van der Waals surface area (Å²) in [6, 6.07) is 0.129. The third-order valence-corrected chi connectivity index (χ3v) is 2.61. The Balaban J connectivity index is 2.58. The summed E-state index contributed by atoms with van der Waals surface area (Å²) in [4.78, 5) is 12.0. The van der Waals surface area contributed by atoms with Crippen LogP contribution in [0, 0.1) is 0 Å². The van der Waals surface area contributed by atoms with E-state index in [1.165, 1.54) is 0 Å². The minimum Gasteiger partial charge on any atom is -0.464 e. The van der Waals surface area contributed by atoms with E-state index in [1.807, 2.05) is 6.92 Å². The Labute approximate surface area is 118 Å². The van der Waals surface area contributed by atoms with Gasteiger partial charge in [-0.1, -0.05) is 0 Å². The molecule has 1 heterocycles. The number of nitrogens with zero attached hydrogens (tertiary/aromatic N) is 3. The van der Waals surface area contributed by atoms with Crippen LogP contribution >= 0.6 is 11.8 Å². The van der Waals surface area contributed by atoms with Crippen LogP contribution in [-0.4, -0.2) is 45.9 Å². The number of ether oxygens (including phenoxy) is 1. The lowest BCUT2D eigenvalue weighted by Gasteiger charge is -2.09. The quantitative estimate of drug-likeness (QED) is 0.714. The normalized spacial score (nSPS) is 11.2. The zero-order valence-electron chi connectivity index (χ0n) is 11.1. The van der Waals surface area contributed by atoms with Gasteiger partial charge in [0.1, 0.15) is 0 Å². The molecule has 0 saturated carbocycles. The number of alkyl halides is 3. The lowest BCUT2D eigenvalue weighted by molar-refractivity contribution is -0.0327. The summed E-state index contributed by atoms with van der Waals surface area (Å²) in [6.07, 6.45) is 0. The van der Waals surface area contributed by atoms with Crippen LogP contribution in [-0.2, 0) is 0 Å². The van der Waals surface area contributed by atoms with E-state index in [1.54, 1.807) is 6.92 Å². The third-order valence-electron chi connectivity index (χ3n) is 1.87. The van der Waals surface area contributed by atoms with Crippen molar-refractivity contribution >= 4 is 23.7 Å². The highest BCUT2D eigenvalue weighted by molar-refractivity contribution is 8.00. The van der Waals surface area contributed by atoms with Gasteiger partial charge in [0.05, 0.1) is 6.61 Å². The van der Waals surface area contributed by atoms with Gasteiger partial charge in [0.15, 0.2) is 0 Å². The maximum Gasteiger partial charge on any atom is 0.441 e. The van der Waals surface area contributed by atoms with E-state index < -0.39 is 5.51 Å². The molecule has 2 N–H and O–H groups in total. The monoisotopic (exact) mass is 311 g/mol. The molecule has 20 heavy (non-hydrogen) atoms. The number of halogens is 3. The predicted molar refractivity (Wildman–Crippen MR) is 72.2 cm³/mol. The average Bonchev–Trinajstić information content (AvgIpc) is 2.34. The SMILES string of the molecule is CCNc1nc(NCCSC(F)(F)F)nc(OCC)n1. The van der Waals surface area contributed by atoms with Gasteiger partial charge < -0.3 is 15.4 Å². The van der Waals surface area contributed by atoms with Gasteiger partial charge in [0.25, 0.3) is 0 Å². The van der Waals surface area contributed by atoms with Gasteiger partial charge in [-0.15, -0.1) is 0 Å². The van der Waals surface area contributed by atoms with Gasteiger partial charge in [-0.25, -0.2) is 0 Å². The maximum atomic E-state index is 12.0. The molecule has 0 radical (unpaired) electrons. The van der Waals surface area contributed by atoms with Crippen molar-refractivity contribution in [3.05, 3.63) is 0 Å². The van der Waals surface area contributed by atoms with Crippen LogP contribution in [0.2, 0.25) is 0 Å². The highest BCUT2D eigenvalue weighted by atomic mass is 32.2. The molecule has 0 bridgehead atoms. The van der Waals surface area contributed by atoms with E-state index in [0.29, 0.717) is 19.1 Å². The van der Waals surface area contributed by atoms with Gasteiger partial charge in [0, 0.05) is 18.8 Å². The lowest BCUT2D eigenvalue weighted by atomic mass is 10.7. The molecule has 0 atom stereocenters. The largest absolute Gasteiger partial charge is 0.464 e. The van der Waals surface area contributed by atoms with Crippen LogP contribution in [0.15, 0.2) is 0 Å². The van der Waals surface area contributed by atoms with Crippen molar-refractivity contribution in [1.82, 2.24) is 15.0 Å². The van der Waals surface area contributed by atoms with Crippen LogP contribution < -0.4 is 15.4 Å². The van der Waals surface area contributed by atoms with E-state index in [2.05, 4.69) is 25.6 Å². The molecule has 0 aliphatic rings. The van der Waals surface area contributed by atoms with E-state index >= 15 is 0 Å². The minimum absolute atomic E-state index is 0.0886. The third kappa shape index (κ3) is 6.64. The summed E-state index contributed by atoms with van der Waals surface area (Å²) in [5.74, 6) is 0.370. The highest BCUT2D eigenvalue weighted by Crippen LogP contribution is 2.29. The number of thioether (sulfide) groups is 1. The molecule has 0 spiro atoms. The van der Waals surface area contributed by atoms with Crippen molar-refractivity contribution in [1.29, 1.82) is 0 Å². The molecule has 0 aliphatic heterocycles. The average molecular weight is 311 g/mol. The highest BCUT2D eigenvalue weighted by Gasteiger charge is 2.27. The van der Waals surface area contributed by atoms with E-state index in [-0.39, 0.29) is 36.0 Å². The van der Waals surface area contributed by atoms with Gasteiger partial charge in [-0.05, 0) is 25.6 Å². The molecule has 6 nitrogen and oxygen atoms in total. The molecule has 1 aromatic rings. The Morgan fingerprint density at radius 3 is 2.30 bits per heavy atom. The molecular formula is C10H16F3N5OS. The number of aromatic nitrogens is 3. The first-order chi connectivity index (χ1) is 9.44. The Morgan fingerprint density at radius 1 is 1.10 bits per heavy atom. The maximum absolute atomic E-state index is 12.0. The molecule has 0 unspecified atom stereocenters. The van der Waals surface area contributed by atoms with Gasteiger partial charge >= 0.3 is 11.5 Å². The second-order valence-electron chi connectivity index (χ2n) is 3.45. The van der Waals surface area contributed by atoms with Gasteiger partial charge in [-0.2, -0.15) is 28.1 Å². The molecule has 114 valence electrons. The number of hydrogen-bond donors (Lipinski definition) is 2. The van der Waals surface area contributed by atoms with E-state index in [9.17, 15) is 13.2 Å². The summed E-state index contributed by atoms with van der Waals surface area (Å²) in [5, 5.41) is 5.61. The van der Waals surface area contributed by atoms with Gasteiger partial charge in [-0.3, -0.25) is 0 Å². The number of rotatable bonds is 8. The molecule has 0 fully saturated rings. The van der Waals surface area contributed by atoms with Crippen molar-refractivity contribution in [3.63, 3.8) is 0 Å². The summed E-state index contributed by atoms with van der Waals surface area (Å²) < 4.78 is 41.1. The number of nitrogens with one attached hydrogen (secondary N) is 2. The molecular weight excluding hydrogens is 295 g/mol. The fourth-order valence-corrected chi connectivity index (χ4v) is 1.63. The summed E-state index contributed by atoms with van der Waals surface area (Å²) in [7, 11) is 0. The Kier molecular flexibility index (Phi) is 6.62. The molecule has 10 heteroatoms. The van der Waals surface area contributed by atoms with Gasteiger partial charge in [0.2, 0.25) is 11.9 Å². The Hall–Kier alpha value is -1.45. The molecule has 0 amide bonds. The van der Waals surface area contributed by atoms with Crippen molar-refractivity contribution in [2.75, 3.05) is 36.1 Å². The van der Waals surface area contributed by atoms with Crippen molar-refractivity contribution < 1.29 is 17.9 Å². The summed E-state index contributed by atoms with van der Waals surface area (Å²) in [5.41, 5.74) is -4.23. The van der Waals surface area contributed by atoms with Crippen molar-refractivity contribution in [3.8, 4) is 6.01 Å². The second kappa shape index (κ2) is 7.98. The van der Waals surface area contributed by atoms with Crippen LogP contribution in [0.3, 0.4) is 0 Å². The van der Waals surface area contributed by atoms with Crippen molar-refractivity contribution in [2.24, 2.45) is 0 Å². The first-order valence-corrected chi connectivity index (χ1v) is 7.00. The van der Waals surface area contributed by atoms with Crippen molar-refractivity contribution in [2.45, 2.75) is 19.4 Å². The minimum atomic E-state index is -4.23. The lowest BCUT2D eigenvalue weighted by Crippen LogP contribution is -2.14. The molecule has 1 rings (SSSR count). The first-order valence-electron chi connectivity index (χ1n) is 6.02. The molecule has 0 aromatic carbocycles. The number of hydrogen-bond acceptors (Lipinski definition) is 7. The predicted octanol–water partition coefficient (Wildman–Crippen LogP) is 2.37. The zero-order valence-corrected chi connectivity index (χ0v) is 11.9. The second-order valence-corrected chi connectivity index (χ2v) is 4.61. The zero-order chi connectivity index (χ0) is 15.0. The van der Waals surface area contributed by atoms with Crippen LogP contribution in [0.5, 0.6) is 6.01 Å². The Bertz CT molecular complexity index is 394. The smallest absolute Gasteiger partial charge is 0.441 e. The van der Waals surface area contributed by atoms with E-state index in [4.69, 9.17) is 4.74 Å². The Morgan fingerprint density at radius 2 is 1.75 bits per heavy atom. The van der Waals surface area contributed by atoms with Crippen LogP contribution in [0.4, 0.5) is 25.1 Å². The fraction of sp³-hybridized carbons (Fsp3) is 0.700. The van der Waals surface area contributed by atoms with E-state index in [0.717, 1.165) is 0 Å². The summed E-state index contributed by atoms with van der Waals surface area (Å²) >= 11 is -0.0988. The molecule has 0 saturated heterocycles. The fourth-order valence-electron chi connectivity index (χ4n) is 1.20. The van der Waals surface area contributed by atoms with Crippen LogP contribution in [0.1, 0.15) is 13.8 Å². The first kappa shape index (κ1) is 16.6. The van der Waals surface area contributed by atoms with Crippen LogP contribution in [0.25, 0.3) is 0 Å². The topological polar surface area (TPSA) is 72.0 Å². The number of anilines is 2.